The molecule has 2 aromatic rings. The van der Waals surface area contributed by atoms with Crippen LogP contribution in [0.5, 0.6) is 5.75 Å². The van der Waals surface area contributed by atoms with Gasteiger partial charge in [0.25, 0.3) is 0 Å². The van der Waals surface area contributed by atoms with Crippen LogP contribution in [0.4, 0.5) is 0 Å². The van der Waals surface area contributed by atoms with Crippen LogP contribution >= 0.6 is 15.9 Å². The lowest BCUT2D eigenvalue weighted by Crippen LogP contribution is -2.10. The molecule has 0 aliphatic carbocycles. The fourth-order valence-corrected chi connectivity index (χ4v) is 2.13. The number of benzene rings is 1. The molecule has 0 spiro atoms. The van der Waals surface area contributed by atoms with Crippen molar-refractivity contribution in [3.05, 3.63) is 40.6 Å². The van der Waals surface area contributed by atoms with Crippen molar-refractivity contribution in [2.75, 3.05) is 13.7 Å². The monoisotopic (exact) mass is 309 g/mol. The van der Waals surface area contributed by atoms with E-state index in [9.17, 15) is 0 Å². The molecule has 0 amide bonds. The molecule has 4 heteroatoms. The van der Waals surface area contributed by atoms with Crippen molar-refractivity contribution in [2.24, 2.45) is 0 Å². The van der Waals surface area contributed by atoms with E-state index in [1.165, 1.54) is 0 Å². The molecule has 0 fully saturated rings. The van der Waals surface area contributed by atoms with E-state index in [-0.39, 0.29) is 0 Å². The zero-order chi connectivity index (χ0) is 13.0. The highest BCUT2D eigenvalue weighted by atomic mass is 79.9. The van der Waals surface area contributed by atoms with Gasteiger partial charge < -0.3 is 14.5 Å². The number of furan rings is 1. The summed E-state index contributed by atoms with van der Waals surface area (Å²) in [6.45, 7) is 3.75. The molecule has 3 nitrogen and oxygen atoms in total. The van der Waals surface area contributed by atoms with Crippen LogP contribution in [0.15, 0.2) is 39.2 Å². The van der Waals surface area contributed by atoms with Crippen LogP contribution in [-0.2, 0) is 6.54 Å². The molecule has 0 bridgehead atoms. The Bertz CT molecular complexity index is 522. The van der Waals surface area contributed by atoms with E-state index >= 15 is 0 Å². The van der Waals surface area contributed by atoms with Gasteiger partial charge in [0.05, 0.1) is 13.7 Å². The summed E-state index contributed by atoms with van der Waals surface area (Å²) in [7, 11) is 1.66. The molecular formula is C14H16BrNO2. The van der Waals surface area contributed by atoms with Crippen LogP contribution in [0.2, 0.25) is 0 Å². The van der Waals surface area contributed by atoms with Gasteiger partial charge in [0.1, 0.15) is 17.3 Å². The van der Waals surface area contributed by atoms with E-state index in [0.717, 1.165) is 40.4 Å². The van der Waals surface area contributed by atoms with Gasteiger partial charge in [-0.15, -0.1) is 0 Å². The van der Waals surface area contributed by atoms with Crippen LogP contribution < -0.4 is 10.1 Å². The lowest BCUT2D eigenvalue weighted by Gasteiger charge is -2.05. The van der Waals surface area contributed by atoms with Crippen molar-refractivity contribution in [2.45, 2.75) is 13.5 Å². The molecule has 0 saturated heterocycles. The van der Waals surface area contributed by atoms with Gasteiger partial charge in [0.15, 0.2) is 0 Å². The first-order valence-electron chi connectivity index (χ1n) is 5.88. The van der Waals surface area contributed by atoms with Gasteiger partial charge >= 0.3 is 0 Å². The van der Waals surface area contributed by atoms with E-state index in [1.807, 2.05) is 30.3 Å². The maximum absolute atomic E-state index is 5.80. The van der Waals surface area contributed by atoms with Crippen LogP contribution in [-0.4, -0.2) is 13.7 Å². The van der Waals surface area contributed by atoms with Gasteiger partial charge in [0, 0.05) is 10.0 Å². The standard InChI is InChI=1S/C14H16BrNO2/c1-3-16-9-11-5-7-14(18-11)12-8-10(17-2)4-6-13(12)15/h4-8,16H,3,9H2,1-2H3. The first kappa shape index (κ1) is 13.2. The zero-order valence-electron chi connectivity index (χ0n) is 10.5. The molecule has 0 saturated carbocycles. The number of rotatable bonds is 5. The van der Waals surface area contributed by atoms with Gasteiger partial charge in [-0.2, -0.15) is 0 Å². The third kappa shape index (κ3) is 2.94. The molecule has 1 N–H and O–H groups in total. The smallest absolute Gasteiger partial charge is 0.135 e. The van der Waals surface area contributed by atoms with Crippen LogP contribution in [0.3, 0.4) is 0 Å². The van der Waals surface area contributed by atoms with E-state index in [2.05, 4.69) is 28.2 Å². The highest BCUT2D eigenvalue weighted by molar-refractivity contribution is 9.10. The summed E-state index contributed by atoms with van der Waals surface area (Å²) in [4.78, 5) is 0. The predicted octanol–water partition coefficient (Wildman–Crippen LogP) is 3.83. The number of nitrogens with one attached hydrogen (secondary N) is 1. The van der Waals surface area contributed by atoms with Crippen molar-refractivity contribution in [3.8, 4) is 17.1 Å². The Labute approximate surface area is 115 Å². The topological polar surface area (TPSA) is 34.4 Å². The quantitative estimate of drug-likeness (QED) is 0.911. The molecule has 0 unspecified atom stereocenters. The summed E-state index contributed by atoms with van der Waals surface area (Å²) in [5, 5.41) is 3.24. The van der Waals surface area contributed by atoms with Gasteiger partial charge in [-0.05, 0) is 36.9 Å². The van der Waals surface area contributed by atoms with Crippen molar-refractivity contribution >= 4 is 15.9 Å². The van der Waals surface area contributed by atoms with Crippen LogP contribution in [0.25, 0.3) is 11.3 Å². The summed E-state index contributed by atoms with van der Waals surface area (Å²) < 4.78 is 12.0. The number of ether oxygens (including phenoxy) is 1. The molecule has 0 atom stereocenters. The van der Waals surface area contributed by atoms with E-state index in [1.54, 1.807) is 7.11 Å². The average molecular weight is 310 g/mol. The molecule has 1 aromatic heterocycles. The third-order valence-corrected chi connectivity index (χ3v) is 3.34. The van der Waals surface area contributed by atoms with E-state index < -0.39 is 0 Å². The first-order chi connectivity index (χ1) is 8.74. The van der Waals surface area contributed by atoms with Gasteiger partial charge in [-0.25, -0.2) is 0 Å². The highest BCUT2D eigenvalue weighted by Crippen LogP contribution is 2.32. The average Bonchev–Trinajstić information content (AvgIpc) is 2.85. The summed E-state index contributed by atoms with van der Waals surface area (Å²) in [6.07, 6.45) is 0. The Hall–Kier alpha value is -1.26. The summed E-state index contributed by atoms with van der Waals surface area (Å²) in [5.74, 6) is 2.59. The van der Waals surface area contributed by atoms with Crippen molar-refractivity contribution in [1.82, 2.24) is 5.32 Å². The molecule has 18 heavy (non-hydrogen) atoms. The molecule has 96 valence electrons. The van der Waals surface area contributed by atoms with Gasteiger partial charge in [-0.3, -0.25) is 0 Å². The van der Waals surface area contributed by atoms with Crippen LogP contribution in [0, 0.1) is 0 Å². The lowest BCUT2D eigenvalue weighted by molar-refractivity contribution is 0.414. The number of halogens is 1. The van der Waals surface area contributed by atoms with E-state index in [4.69, 9.17) is 9.15 Å². The minimum atomic E-state index is 0.748. The number of hydrogen-bond donors (Lipinski definition) is 1. The molecule has 0 aliphatic rings. The fraction of sp³-hybridized carbons (Fsp3) is 0.286. The SMILES string of the molecule is CCNCc1ccc(-c2cc(OC)ccc2Br)o1. The molecular weight excluding hydrogens is 294 g/mol. The second-order valence-corrected chi connectivity index (χ2v) is 4.75. The van der Waals surface area contributed by atoms with Gasteiger partial charge in [0.2, 0.25) is 0 Å². The molecule has 0 radical (unpaired) electrons. The Morgan fingerprint density at radius 3 is 2.83 bits per heavy atom. The molecule has 2 rings (SSSR count). The molecule has 1 heterocycles. The Morgan fingerprint density at radius 2 is 2.11 bits per heavy atom. The largest absolute Gasteiger partial charge is 0.497 e. The number of methoxy groups -OCH3 is 1. The van der Waals surface area contributed by atoms with Crippen molar-refractivity contribution < 1.29 is 9.15 Å². The normalized spacial score (nSPS) is 10.6. The second kappa shape index (κ2) is 6.07. The minimum absolute atomic E-state index is 0.748. The predicted molar refractivity (Wildman–Crippen MR) is 75.8 cm³/mol. The minimum Gasteiger partial charge on any atom is -0.497 e. The summed E-state index contributed by atoms with van der Waals surface area (Å²) >= 11 is 3.53. The molecule has 1 aromatic carbocycles. The third-order valence-electron chi connectivity index (χ3n) is 2.65. The van der Waals surface area contributed by atoms with E-state index in [0.29, 0.717) is 0 Å². The summed E-state index contributed by atoms with van der Waals surface area (Å²) in [6, 6.07) is 9.80. The van der Waals surface area contributed by atoms with Crippen molar-refractivity contribution in [3.63, 3.8) is 0 Å². The number of hydrogen-bond acceptors (Lipinski definition) is 3. The maximum atomic E-state index is 5.80. The first-order valence-corrected chi connectivity index (χ1v) is 6.67. The molecule has 0 aliphatic heterocycles. The fourth-order valence-electron chi connectivity index (χ4n) is 1.69. The Balaban J connectivity index is 2.27. The lowest BCUT2D eigenvalue weighted by atomic mass is 10.1. The van der Waals surface area contributed by atoms with Gasteiger partial charge in [-0.1, -0.05) is 22.9 Å². The maximum Gasteiger partial charge on any atom is 0.135 e. The Kier molecular flexibility index (Phi) is 4.44. The summed E-state index contributed by atoms with van der Waals surface area (Å²) in [5.41, 5.74) is 0.997. The van der Waals surface area contributed by atoms with Crippen LogP contribution in [0.1, 0.15) is 12.7 Å². The zero-order valence-corrected chi connectivity index (χ0v) is 12.1. The highest BCUT2D eigenvalue weighted by Gasteiger charge is 2.09. The Morgan fingerprint density at radius 1 is 1.28 bits per heavy atom. The second-order valence-electron chi connectivity index (χ2n) is 3.89. The van der Waals surface area contributed by atoms with Crippen molar-refractivity contribution in [1.29, 1.82) is 0 Å².